The van der Waals surface area contributed by atoms with Gasteiger partial charge in [0.25, 0.3) is 0 Å². The Kier molecular flexibility index (Phi) is 27.8. The molecule has 11 heteroatoms. The van der Waals surface area contributed by atoms with E-state index in [0.717, 1.165) is 124 Å². The summed E-state index contributed by atoms with van der Waals surface area (Å²) in [6, 6.07) is 0. The lowest BCUT2D eigenvalue weighted by atomic mass is 10.0. The zero-order valence-corrected chi connectivity index (χ0v) is 24.1. The monoisotopic (exact) mass is 530 g/mol. The van der Waals surface area contributed by atoms with Crippen LogP contribution in [0.2, 0.25) is 0 Å². The van der Waals surface area contributed by atoms with Crippen molar-refractivity contribution < 1.29 is 0 Å². The summed E-state index contributed by atoms with van der Waals surface area (Å²) in [5.41, 5.74) is 30.5. The molecule has 0 aromatic heterocycles. The fraction of sp³-hybridized carbons (Fsp3) is 0.923. The van der Waals surface area contributed by atoms with Crippen molar-refractivity contribution >= 4 is 0 Å². The maximum absolute atomic E-state index is 5.94. The zero-order chi connectivity index (χ0) is 27.4. The van der Waals surface area contributed by atoms with Gasteiger partial charge in [-0.25, -0.2) is 0 Å². The molecule has 0 radical (unpaired) electrons. The molecule has 0 unspecified atom stereocenters. The van der Waals surface area contributed by atoms with E-state index in [1.807, 2.05) is 7.05 Å². The first-order valence-electron chi connectivity index (χ1n) is 14.6. The van der Waals surface area contributed by atoms with E-state index in [1.54, 1.807) is 0 Å². The lowest BCUT2D eigenvalue weighted by Gasteiger charge is -2.30. The van der Waals surface area contributed by atoms with Crippen molar-refractivity contribution in [2.24, 2.45) is 28.7 Å². The summed E-state index contributed by atoms with van der Waals surface area (Å²) in [6.45, 7) is 16.9. The smallest absolute Gasteiger partial charge is 0.0110 e. The van der Waals surface area contributed by atoms with Gasteiger partial charge >= 0.3 is 0 Å². The molecule has 222 valence electrons. The Morgan fingerprint density at radius 3 is 1.59 bits per heavy atom. The largest absolute Gasteiger partial charge is 0.330 e. The van der Waals surface area contributed by atoms with Crippen LogP contribution < -0.4 is 44.6 Å². The van der Waals surface area contributed by atoms with Crippen molar-refractivity contribution in [2.45, 2.75) is 25.7 Å². The van der Waals surface area contributed by atoms with Crippen LogP contribution >= 0.6 is 0 Å². The van der Waals surface area contributed by atoms with Crippen LogP contribution in [0.5, 0.6) is 0 Å². The van der Waals surface area contributed by atoms with E-state index in [4.69, 9.17) is 28.7 Å². The summed E-state index contributed by atoms with van der Waals surface area (Å²) < 4.78 is 0. The summed E-state index contributed by atoms with van der Waals surface area (Å²) in [7, 11) is 2.00. The molecule has 0 heterocycles. The van der Waals surface area contributed by atoms with Crippen LogP contribution in [0.4, 0.5) is 0 Å². The molecule has 0 saturated heterocycles. The number of nitrogens with one attached hydrogen (secondary N) is 3. The van der Waals surface area contributed by atoms with Gasteiger partial charge in [-0.05, 0) is 45.8 Å². The SMILES string of the molecule is CNCC/C=C(\CCCN)CCN(CCN(CCN)CCN)CCN(CCN)CCNCCNCCN. The highest BCUT2D eigenvalue weighted by Gasteiger charge is 2.12. The molecule has 13 N–H and O–H groups in total. The Hall–Kier alpha value is -0.700. The molecule has 0 aliphatic rings. The van der Waals surface area contributed by atoms with Crippen molar-refractivity contribution in [1.29, 1.82) is 0 Å². The summed E-state index contributed by atoms with van der Waals surface area (Å²) in [5, 5.41) is 10.1. The molecule has 0 aromatic rings. The fourth-order valence-corrected chi connectivity index (χ4v) is 4.27. The number of rotatable bonds is 29. The Morgan fingerprint density at radius 1 is 0.541 bits per heavy atom. The predicted molar refractivity (Wildman–Crippen MR) is 161 cm³/mol. The van der Waals surface area contributed by atoms with Crippen LogP contribution in [0.3, 0.4) is 0 Å². The zero-order valence-electron chi connectivity index (χ0n) is 24.1. The fourth-order valence-electron chi connectivity index (χ4n) is 4.27. The topological polar surface area (TPSA) is 176 Å². The van der Waals surface area contributed by atoms with E-state index < -0.39 is 0 Å². The first kappa shape index (κ1) is 36.3. The normalized spacial score (nSPS) is 12.5. The molecule has 11 nitrogen and oxygen atoms in total. The average molecular weight is 530 g/mol. The highest BCUT2D eigenvalue weighted by molar-refractivity contribution is 5.03. The summed E-state index contributed by atoms with van der Waals surface area (Å²) in [6.07, 6.45) is 6.70. The second-order valence-electron chi connectivity index (χ2n) is 9.58. The predicted octanol–water partition coefficient (Wildman–Crippen LogP) is -2.43. The van der Waals surface area contributed by atoms with Crippen LogP contribution in [-0.4, -0.2) is 146 Å². The van der Waals surface area contributed by atoms with Gasteiger partial charge in [-0.3, -0.25) is 9.80 Å². The maximum atomic E-state index is 5.94. The molecule has 0 atom stereocenters. The van der Waals surface area contributed by atoms with Gasteiger partial charge in [-0.15, -0.1) is 0 Å². The van der Waals surface area contributed by atoms with Crippen LogP contribution in [0.1, 0.15) is 25.7 Å². The molecule has 0 aromatic carbocycles. The van der Waals surface area contributed by atoms with E-state index >= 15 is 0 Å². The molecule has 0 spiro atoms. The lowest BCUT2D eigenvalue weighted by molar-refractivity contribution is 0.180. The van der Waals surface area contributed by atoms with Gasteiger partial charge in [0, 0.05) is 111 Å². The molecule has 0 aliphatic carbocycles. The van der Waals surface area contributed by atoms with E-state index in [1.165, 1.54) is 5.57 Å². The number of nitrogens with zero attached hydrogens (tertiary/aromatic N) is 3. The van der Waals surface area contributed by atoms with E-state index in [-0.39, 0.29) is 0 Å². The minimum absolute atomic E-state index is 0.663. The highest BCUT2D eigenvalue weighted by Crippen LogP contribution is 2.12. The molecular formula is C26H63N11. The first-order chi connectivity index (χ1) is 18.1. The molecule has 0 saturated carbocycles. The van der Waals surface area contributed by atoms with E-state index in [2.05, 4.69) is 36.7 Å². The Morgan fingerprint density at radius 2 is 1.08 bits per heavy atom. The number of nitrogens with two attached hydrogens (primary N) is 5. The van der Waals surface area contributed by atoms with Gasteiger partial charge in [0.15, 0.2) is 0 Å². The third-order valence-corrected chi connectivity index (χ3v) is 6.48. The lowest BCUT2D eigenvalue weighted by Crippen LogP contribution is -2.44. The Labute approximate surface area is 228 Å². The van der Waals surface area contributed by atoms with Crippen LogP contribution in [0.15, 0.2) is 11.6 Å². The molecule has 0 fully saturated rings. The third kappa shape index (κ3) is 22.9. The van der Waals surface area contributed by atoms with E-state index in [9.17, 15) is 0 Å². The van der Waals surface area contributed by atoms with Crippen molar-refractivity contribution in [2.75, 3.05) is 131 Å². The molecule has 0 rings (SSSR count). The quantitative estimate of drug-likeness (QED) is 0.0382. The van der Waals surface area contributed by atoms with Gasteiger partial charge in [-0.1, -0.05) is 11.6 Å². The third-order valence-electron chi connectivity index (χ3n) is 6.48. The van der Waals surface area contributed by atoms with Gasteiger partial charge in [0.1, 0.15) is 0 Å². The Balaban J connectivity index is 4.94. The van der Waals surface area contributed by atoms with Gasteiger partial charge < -0.3 is 49.5 Å². The van der Waals surface area contributed by atoms with Gasteiger partial charge in [-0.2, -0.15) is 0 Å². The molecular weight excluding hydrogens is 466 g/mol. The first-order valence-corrected chi connectivity index (χ1v) is 14.6. The van der Waals surface area contributed by atoms with Crippen molar-refractivity contribution in [1.82, 2.24) is 30.7 Å². The molecule has 0 amide bonds. The standard InChI is InChI=1S/C26H63N11/c1-32-12-3-5-26(4-2-7-27)6-17-35(22-24-36(18-9-29)19-10-30)23-25-37(20-11-31)21-16-34-15-14-33-13-8-28/h5,32-34H,2-4,6-25,27-31H2,1H3/b26-5+. The van der Waals surface area contributed by atoms with Crippen molar-refractivity contribution in [3.8, 4) is 0 Å². The summed E-state index contributed by atoms with van der Waals surface area (Å²) in [5.74, 6) is 0. The minimum atomic E-state index is 0.663. The second kappa shape index (κ2) is 28.3. The van der Waals surface area contributed by atoms with Crippen LogP contribution in [0.25, 0.3) is 0 Å². The van der Waals surface area contributed by atoms with Gasteiger partial charge in [0.05, 0.1) is 0 Å². The molecule has 0 bridgehead atoms. The molecule has 0 aliphatic heterocycles. The number of hydrogen-bond acceptors (Lipinski definition) is 11. The summed E-state index contributed by atoms with van der Waals surface area (Å²) >= 11 is 0. The maximum Gasteiger partial charge on any atom is 0.0110 e. The molecule has 37 heavy (non-hydrogen) atoms. The number of hydrogen-bond donors (Lipinski definition) is 8. The van der Waals surface area contributed by atoms with E-state index in [0.29, 0.717) is 26.2 Å². The summed E-state index contributed by atoms with van der Waals surface area (Å²) in [4.78, 5) is 7.45. The highest BCUT2D eigenvalue weighted by atomic mass is 15.2. The van der Waals surface area contributed by atoms with Crippen LogP contribution in [-0.2, 0) is 0 Å². The van der Waals surface area contributed by atoms with Crippen LogP contribution in [0, 0.1) is 0 Å². The van der Waals surface area contributed by atoms with Crippen molar-refractivity contribution in [3.05, 3.63) is 11.6 Å². The van der Waals surface area contributed by atoms with Gasteiger partial charge in [0.2, 0.25) is 0 Å². The minimum Gasteiger partial charge on any atom is -0.330 e. The average Bonchev–Trinajstić information content (AvgIpc) is 2.90. The Bertz CT molecular complexity index is 487. The van der Waals surface area contributed by atoms with Crippen molar-refractivity contribution in [3.63, 3.8) is 0 Å². The second-order valence-corrected chi connectivity index (χ2v) is 9.58.